The minimum absolute atomic E-state index is 0.0802. The summed E-state index contributed by atoms with van der Waals surface area (Å²) in [5.41, 5.74) is -0.506. The highest BCUT2D eigenvalue weighted by atomic mass is 16.6. The highest BCUT2D eigenvalue weighted by Crippen LogP contribution is 2.22. The summed E-state index contributed by atoms with van der Waals surface area (Å²) < 4.78 is 10.1. The minimum Gasteiger partial charge on any atom is -0.461 e. The van der Waals surface area contributed by atoms with Crippen LogP contribution in [-0.2, 0) is 19.1 Å². The average molecular weight is 214 g/mol. The summed E-state index contributed by atoms with van der Waals surface area (Å²) in [6.07, 6.45) is 0.370. The van der Waals surface area contributed by atoms with Crippen molar-refractivity contribution in [2.75, 3.05) is 6.61 Å². The molecular formula is C11H18O4. The van der Waals surface area contributed by atoms with Crippen molar-refractivity contribution in [2.24, 2.45) is 11.3 Å². The lowest BCUT2D eigenvalue weighted by atomic mass is 9.97. The molecule has 0 radical (unpaired) electrons. The molecule has 4 heteroatoms. The molecule has 0 spiro atoms. The number of hydrogen-bond acceptors (Lipinski definition) is 4. The van der Waals surface area contributed by atoms with Gasteiger partial charge in [0.25, 0.3) is 0 Å². The first-order valence-corrected chi connectivity index (χ1v) is 5.18. The van der Waals surface area contributed by atoms with E-state index < -0.39 is 5.41 Å². The third-order valence-corrected chi connectivity index (χ3v) is 2.31. The van der Waals surface area contributed by atoms with Crippen molar-refractivity contribution >= 4 is 11.9 Å². The SMILES string of the molecule is CC1CC(COC(=O)C(C)(C)C)OC1=O. The van der Waals surface area contributed by atoms with Gasteiger partial charge in [0.2, 0.25) is 0 Å². The predicted octanol–water partition coefficient (Wildman–Crippen LogP) is 1.53. The van der Waals surface area contributed by atoms with E-state index in [1.54, 1.807) is 20.8 Å². The number of esters is 2. The highest BCUT2D eigenvalue weighted by molar-refractivity contribution is 5.76. The zero-order valence-electron chi connectivity index (χ0n) is 9.70. The standard InChI is InChI=1S/C11H18O4/c1-7-5-8(15-9(7)12)6-14-10(13)11(2,3)4/h7-8H,5-6H2,1-4H3. The number of carbonyl (C=O) groups is 2. The van der Waals surface area contributed by atoms with Gasteiger partial charge in [-0.2, -0.15) is 0 Å². The maximum absolute atomic E-state index is 11.4. The van der Waals surface area contributed by atoms with Gasteiger partial charge >= 0.3 is 11.9 Å². The number of cyclic esters (lactones) is 1. The molecule has 1 heterocycles. The number of carbonyl (C=O) groups excluding carboxylic acids is 2. The second kappa shape index (κ2) is 4.21. The molecule has 86 valence electrons. The molecule has 2 atom stereocenters. The Labute approximate surface area is 89.9 Å². The van der Waals surface area contributed by atoms with Crippen LogP contribution in [0.3, 0.4) is 0 Å². The first kappa shape index (κ1) is 12.0. The quantitative estimate of drug-likeness (QED) is 0.654. The molecule has 1 fully saturated rings. The molecule has 0 aromatic heterocycles. The molecule has 0 aromatic rings. The molecule has 1 aliphatic heterocycles. The van der Waals surface area contributed by atoms with Gasteiger partial charge in [-0.05, 0) is 20.8 Å². The van der Waals surface area contributed by atoms with E-state index in [2.05, 4.69) is 0 Å². The van der Waals surface area contributed by atoms with Crippen molar-refractivity contribution in [3.63, 3.8) is 0 Å². The Morgan fingerprint density at radius 1 is 1.53 bits per heavy atom. The Hall–Kier alpha value is -1.06. The first-order chi connectivity index (χ1) is 6.80. The summed E-state index contributed by atoms with van der Waals surface area (Å²) in [7, 11) is 0. The van der Waals surface area contributed by atoms with Gasteiger partial charge in [0.05, 0.1) is 11.3 Å². The molecule has 15 heavy (non-hydrogen) atoms. The largest absolute Gasteiger partial charge is 0.461 e. The fraction of sp³-hybridized carbons (Fsp3) is 0.818. The highest BCUT2D eigenvalue weighted by Gasteiger charge is 2.32. The van der Waals surface area contributed by atoms with Crippen molar-refractivity contribution in [2.45, 2.75) is 40.2 Å². The van der Waals surface area contributed by atoms with Crippen LogP contribution in [0.5, 0.6) is 0 Å². The van der Waals surface area contributed by atoms with E-state index in [0.717, 1.165) is 0 Å². The summed E-state index contributed by atoms with van der Waals surface area (Å²) in [6.45, 7) is 7.36. The van der Waals surface area contributed by atoms with E-state index in [9.17, 15) is 9.59 Å². The monoisotopic (exact) mass is 214 g/mol. The second-order valence-corrected chi connectivity index (χ2v) is 5.04. The van der Waals surface area contributed by atoms with Crippen molar-refractivity contribution in [3.05, 3.63) is 0 Å². The first-order valence-electron chi connectivity index (χ1n) is 5.18. The van der Waals surface area contributed by atoms with Crippen LogP contribution >= 0.6 is 0 Å². The summed E-state index contributed by atoms with van der Waals surface area (Å²) in [5.74, 6) is -0.548. The van der Waals surface area contributed by atoms with Crippen LogP contribution < -0.4 is 0 Å². The topological polar surface area (TPSA) is 52.6 Å². The lowest BCUT2D eigenvalue weighted by Crippen LogP contribution is -2.27. The van der Waals surface area contributed by atoms with Gasteiger partial charge in [0.15, 0.2) is 0 Å². The predicted molar refractivity (Wildman–Crippen MR) is 54.1 cm³/mol. The molecule has 1 aliphatic rings. The summed E-state index contributed by atoms with van der Waals surface area (Å²) >= 11 is 0. The van der Waals surface area contributed by atoms with Crippen LogP contribution in [0.1, 0.15) is 34.1 Å². The zero-order chi connectivity index (χ0) is 11.6. The van der Waals surface area contributed by atoms with Gasteiger partial charge in [-0.25, -0.2) is 0 Å². The van der Waals surface area contributed by atoms with Crippen LogP contribution in [0.2, 0.25) is 0 Å². The molecule has 4 nitrogen and oxygen atoms in total. The van der Waals surface area contributed by atoms with Crippen LogP contribution in [0, 0.1) is 11.3 Å². The molecule has 0 aliphatic carbocycles. The smallest absolute Gasteiger partial charge is 0.311 e. The van der Waals surface area contributed by atoms with Crippen molar-refractivity contribution in [3.8, 4) is 0 Å². The molecule has 1 rings (SSSR count). The third-order valence-electron chi connectivity index (χ3n) is 2.31. The zero-order valence-corrected chi connectivity index (χ0v) is 9.70. The van der Waals surface area contributed by atoms with Crippen molar-refractivity contribution < 1.29 is 19.1 Å². The molecule has 0 bridgehead atoms. The maximum atomic E-state index is 11.4. The van der Waals surface area contributed by atoms with E-state index in [4.69, 9.17) is 9.47 Å². The molecule has 1 saturated heterocycles. The lowest BCUT2D eigenvalue weighted by Gasteiger charge is -2.18. The van der Waals surface area contributed by atoms with Crippen LogP contribution in [0.15, 0.2) is 0 Å². The summed E-state index contributed by atoms with van der Waals surface area (Å²) in [4.78, 5) is 22.5. The second-order valence-electron chi connectivity index (χ2n) is 5.04. The van der Waals surface area contributed by atoms with Gasteiger partial charge in [0.1, 0.15) is 12.7 Å². The molecule has 0 amide bonds. The Morgan fingerprint density at radius 3 is 2.53 bits per heavy atom. The molecule has 0 saturated carbocycles. The normalized spacial score (nSPS) is 26.3. The van der Waals surface area contributed by atoms with Gasteiger partial charge in [-0.3, -0.25) is 9.59 Å². The lowest BCUT2D eigenvalue weighted by molar-refractivity contribution is -0.159. The molecule has 0 aromatic carbocycles. The van der Waals surface area contributed by atoms with Gasteiger partial charge in [-0.15, -0.1) is 0 Å². The van der Waals surface area contributed by atoms with Crippen LogP contribution in [-0.4, -0.2) is 24.6 Å². The van der Waals surface area contributed by atoms with E-state index in [0.29, 0.717) is 6.42 Å². The number of hydrogen-bond donors (Lipinski definition) is 0. The Bertz CT molecular complexity index is 264. The molecule has 2 unspecified atom stereocenters. The summed E-state index contributed by atoms with van der Waals surface area (Å²) in [6, 6.07) is 0. The fourth-order valence-electron chi connectivity index (χ4n) is 1.31. The van der Waals surface area contributed by atoms with Crippen molar-refractivity contribution in [1.29, 1.82) is 0 Å². The van der Waals surface area contributed by atoms with E-state index in [-0.39, 0.29) is 30.6 Å². The number of rotatable bonds is 2. The maximum Gasteiger partial charge on any atom is 0.311 e. The van der Waals surface area contributed by atoms with Crippen LogP contribution in [0.4, 0.5) is 0 Å². The minimum atomic E-state index is -0.506. The van der Waals surface area contributed by atoms with Gasteiger partial charge < -0.3 is 9.47 Å². The van der Waals surface area contributed by atoms with Gasteiger partial charge in [-0.1, -0.05) is 6.92 Å². The van der Waals surface area contributed by atoms with Crippen LogP contribution in [0.25, 0.3) is 0 Å². The Balaban J connectivity index is 2.33. The Morgan fingerprint density at radius 2 is 2.13 bits per heavy atom. The molecular weight excluding hydrogens is 196 g/mol. The van der Waals surface area contributed by atoms with E-state index >= 15 is 0 Å². The molecule has 0 N–H and O–H groups in total. The Kier molecular flexibility index (Phi) is 3.37. The van der Waals surface area contributed by atoms with E-state index in [1.807, 2.05) is 6.92 Å². The third kappa shape index (κ3) is 3.22. The van der Waals surface area contributed by atoms with Gasteiger partial charge in [0, 0.05) is 6.42 Å². The summed E-state index contributed by atoms with van der Waals surface area (Å²) in [5, 5.41) is 0. The van der Waals surface area contributed by atoms with E-state index in [1.165, 1.54) is 0 Å². The average Bonchev–Trinajstić information content (AvgIpc) is 2.41. The number of ether oxygens (including phenoxy) is 2. The fourth-order valence-corrected chi connectivity index (χ4v) is 1.31. The van der Waals surface area contributed by atoms with Crippen molar-refractivity contribution in [1.82, 2.24) is 0 Å².